The maximum atomic E-state index is 6.11. The number of ether oxygens (including phenoxy) is 1. The molecule has 0 heterocycles. The van der Waals surface area contributed by atoms with E-state index >= 15 is 0 Å². The SMILES string of the molecule is COc1cccc(CNCc2c(Cl)cccc2Cl)c1. The summed E-state index contributed by atoms with van der Waals surface area (Å²) in [4.78, 5) is 0. The number of halogens is 2. The van der Waals surface area contributed by atoms with Crippen molar-refractivity contribution in [2.24, 2.45) is 0 Å². The molecular formula is C15H15Cl2NO. The number of rotatable bonds is 5. The molecule has 0 atom stereocenters. The van der Waals surface area contributed by atoms with E-state index in [-0.39, 0.29) is 0 Å². The summed E-state index contributed by atoms with van der Waals surface area (Å²) in [5.74, 6) is 0.857. The number of methoxy groups -OCH3 is 1. The standard InChI is InChI=1S/C15H15Cl2NO/c1-19-12-5-2-4-11(8-12)9-18-10-13-14(16)6-3-7-15(13)17/h2-8,18H,9-10H2,1H3. The summed E-state index contributed by atoms with van der Waals surface area (Å²) < 4.78 is 5.19. The number of hydrogen-bond acceptors (Lipinski definition) is 2. The van der Waals surface area contributed by atoms with Crippen LogP contribution in [0, 0.1) is 0 Å². The first-order valence-electron chi connectivity index (χ1n) is 5.97. The lowest BCUT2D eigenvalue weighted by Crippen LogP contribution is -2.13. The highest BCUT2D eigenvalue weighted by atomic mass is 35.5. The molecule has 0 saturated heterocycles. The normalized spacial score (nSPS) is 10.5. The van der Waals surface area contributed by atoms with Gasteiger partial charge in [0, 0.05) is 28.7 Å². The Hall–Kier alpha value is -1.22. The third-order valence-corrected chi connectivity index (χ3v) is 3.53. The van der Waals surface area contributed by atoms with Gasteiger partial charge in [-0.05, 0) is 29.8 Å². The lowest BCUT2D eigenvalue weighted by molar-refractivity contribution is 0.414. The fraction of sp³-hybridized carbons (Fsp3) is 0.200. The van der Waals surface area contributed by atoms with Crippen LogP contribution in [0.1, 0.15) is 11.1 Å². The van der Waals surface area contributed by atoms with Gasteiger partial charge in [0.25, 0.3) is 0 Å². The summed E-state index contributed by atoms with van der Waals surface area (Å²) >= 11 is 12.2. The van der Waals surface area contributed by atoms with Gasteiger partial charge in [0.2, 0.25) is 0 Å². The van der Waals surface area contributed by atoms with E-state index in [0.717, 1.165) is 23.4 Å². The Morgan fingerprint density at radius 1 is 1.00 bits per heavy atom. The van der Waals surface area contributed by atoms with Crippen LogP contribution in [-0.2, 0) is 13.1 Å². The van der Waals surface area contributed by atoms with Crippen LogP contribution in [0.3, 0.4) is 0 Å². The maximum Gasteiger partial charge on any atom is 0.119 e. The van der Waals surface area contributed by atoms with Crippen molar-refractivity contribution in [2.45, 2.75) is 13.1 Å². The van der Waals surface area contributed by atoms with Crippen molar-refractivity contribution in [1.29, 1.82) is 0 Å². The predicted molar refractivity (Wildman–Crippen MR) is 80.0 cm³/mol. The Labute approximate surface area is 123 Å². The zero-order valence-corrected chi connectivity index (χ0v) is 12.1. The smallest absolute Gasteiger partial charge is 0.119 e. The average molecular weight is 296 g/mol. The lowest BCUT2D eigenvalue weighted by Gasteiger charge is -2.09. The number of benzene rings is 2. The third-order valence-electron chi connectivity index (χ3n) is 2.83. The van der Waals surface area contributed by atoms with Crippen LogP contribution in [0.15, 0.2) is 42.5 Å². The van der Waals surface area contributed by atoms with E-state index in [9.17, 15) is 0 Å². The van der Waals surface area contributed by atoms with Gasteiger partial charge < -0.3 is 10.1 Å². The van der Waals surface area contributed by atoms with E-state index in [1.165, 1.54) is 0 Å². The second-order valence-corrected chi connectivity index (χ2v) is 4.97. The fourth-order valence-corrected chi connectivity index (χ4v) is 2.35. The van der Waals surface area contributed by atoms with Crippen LogP contribution in [0.5, 0.6) is 5.75 Å². The second-order valence-electron chi connectivity index (χ2n) is 4.16. The molecule has 2 rings (SSSR count). The largest absolute Gasteiger partial charge is 0.497 e. The van der Waals surface area contributed by atoms with Gasteiger partial charge in [-0.15, -0.1) is 0 Å². The molecule has 0 unspecified atom stereocenters. The Morgan fingerprint density at radius 2 is 1.68 bits per heavy atom. The first-order valence-corrected chi connectivity index (χ1v) is 6.73. The molecule has 2 aromatic carbocycles. The van der Waals surface area contributed by atoms with Gasteiger partial charge in [-0.2, -0.15) is 0 Å². The monoisotopic (exact) mass is 295 g/mol. The highest BCUT2D eigenvalue weighted by Gasteiger charge is 2.04. The van der Waals surface area contributed by atoms with Crippen LogP contribution in [0.25, 0.3) is 0 Å². The van der Waals surface area contributed by atoms with Crippen molar-refractivity contribution in [3.8, 4) is 5.75 Å². The summed E-state index contributed by atoms with van der Waals surface area (Å²) in [5, 5.41) is 4.70. The highest BCUT2D eigenvalue weighted by Crippen LogP contribution is 2.24. The Bertz CT molecular complexity index is 537. The van der Waals surface area contributed by atoms with E-state index in [0.29, 0.717) is 16.6 Å². The third kappa shape index (κ3) is 3.87. The first-order chi connectivity index (χ1) is 9.20. The van der Waals surface area contributed by atoms with Crippen molar-refractivity contribution >= 4 is 23.2 Å². The molecule has 0 aliphatic rings. The zero-order chi connectivity index (χ0) is 13.7. The minimum absolute atomic E-state index is 0.635. The molecule has 0 bridgehead atoms. The highest BCUT2D eigenvalue weighted by molar-refractivity contribution is 6.35. The molecule has 0 spiro atoms. The molecule has 0 fully saturated rings. The van der Waals surface area contributed by atoms with E-state index in [1.54, 1.807) is 7.11 Å². The molecule has 2 nitrogen and oxygen atoms in total. The van der Waals surface area contributed by atoms with Gasteiger partial charge in [-0.1, -0.05) is 41.4 Å². The molecule has 4 heteroatoms. The van der Waals surface area contributed by atoms with E-state index < -0.39 is 0 Å². The van der Waals surface area contributed by atoms with Crippen LogP contribution in [-0.4, -0.2) is 7.11 Å². The Morgan fingerprint density at radius 3 is 2.37 bits per heavy atom. The molecule has 2 aromatic rings. The molecule has 1 N–H and O–H groups in total. The second kappa shape index (κ2) is 6.80. The molecule has 19 heavy (non-hydrogen) atoms. The summed E-state index contributed by atoms with van der Waals surface area (Å²) in [6.07, 6.45) is 0. The van der Waals surface area contributed by atoms with Crippen LogP contribution in [0.4, 0.5) is 0 Å². The number of nitrogens with one attached hydrogen (secondary N) is 1. The Kier molecular flexibility index (Phi) is 5.08. The van der Waals surface area contributed by atoms with E-state index in [2.05, 4.69) is 5.32 Å². The maximum absolute atomic E-state index is 6.11. The molecule has 0 radical (unpaired) electrons. The Balaban J connectivity index is 1.96. The average Bonchev–Trinajstić information content (AvgIpc) is 2.42. The zero-order valence-electron chi connectivity index (χ0n) is 10.6. The molecule has 0 aliphatic carbocycles. The minimum atomic E-state index is 0.635. The first kappa shape index (κ1) is 14.2. The molecule has 100 valence electrons. The van der Waals surface area contributed by atoms with Gasteiger partial charge in [-0.25, -0.2) is 0 Å². The van der Waals surface area contributed by atoms with Gasteiger partial charge in [0.05, 0.1) is 7.11 Å². The van der Waals surface area contributed by atoms with Gasteiger partial charge >= 0.3 is 0 Å². The lowest BCUT2D eigenvalue weighted by atomic mass is 10.2. The molecule has 0 aliphatic heterocycles. The summed E-state index contributed by atoms with van der Waals surface area (Å²) in [5.41, 5.74) is 2.08. The summed E-state index contributed by atoms with van der Waals surface area (Å²) in [7, 11) is 1.66. The van der Waals surface area contributed by atoms with Gasteiger partial charge in [-0.3, -0.25) is 0 Å². The van der Waals surface area contributed by atoms with Crippen LogP contribution < -0.4 is 10.1 Å². The topological polar surface area (TPSA) is 21.3 Å². The molecular weight excluding hydrogens is 281 g/mol. The van der Waals surface area contributed by atoms with Crippen molar-refractivity contribution in [3.05, 3.63) is 63.6 Å². The fourth-order valence-electron chi connectivity index (χ4n) is 1.82. The van der Waals surface area contributed by atoms with E-state index in [4.69, 9.17) is 27.9 Å². The molecule has 0 aromatic heterocycles. The van der Waals surface area contributed by atoms with Gasteiger partial charge in [0.1, 0.15) is 5.75 Å². The summed E-state index contributed by atoms with van der Waals surface area (Å²) in [6.45, 7) is 1.37. The van der Waals surface area contributed by atoms with Crippen molar-refractivity contribution in [3.63, 3.8) is 0 Å². The quantitative estimate of drug-likeness (QED) is 0.888. The predicted octanol–water partition coefficient (Wildman–Crippen LogP) is 4.29. The number of hydrogen-bond donors (Lipinski definition) is 1. The van der Waals surface area contributed by atoms with Crippen molar-refractivity contribution < 1.29 is 4.74 Å². The molecule has 0 saturated carbocycles. The van der Waals surface area contributed by atoms with E-state index in [1.807, 2.05) is 42.5 Å². The van der Waals surface area contributed by atoms with Crippen LogP contribution in [0.2, 0.25) is 10.0 Å². The van der Waals surface area contributed by atoms with Crippen LogP contribution >= 0.6 is 23.2 Å². The van der Waals surface area contributed by atoms with Crippen molar-refractivity contribution in [2.75, 3.05) is 7.11 Å². The summed E-state index contributed by atoms with van der Waals surface area (Å²) in [6, 6.07) is 13.5. The molecule has 0 amide bonds. The minimum Gasteiger partial charge on any atom is -0.497 e. The van der Waals surface area contributed by atoms with Crippen molar-refractivity contribution in [1.82, 2.24) is 5.32 Å². The van der Waals surface area contributed by atoms with Gasteiger partial charge in [0.15, 0.2) is 0 Å².